The molecule has 0 aliphatic heterocycles. The van der Waals surface area contributed by atoms with Gasteiger partial charge in [0.25, 0.3) is 0 Å². The Kier molecular flexibility index (Phi) is 1.49. The Hall–Kier alpha value is 0. The molecule has 5 atom stereocenters. The van der Waals surface area contributed by atoms with Crippen LogP contribution in [0.5, 0.6) is 0 Å². The quantitative estimate of drug-likeness (QED) is 0.586. The van der Waals surface area contributed by atoms with Crippen LogP contribution in [0.4, 0.5) is 0 Å². The van der Waals surface area contributed by atoms with E-state index < -0.39 is 0 Å². The number of rotatable bonds is 2. The molecule has 70 valence electrons. The predicted octanol–water partition coefficient (Wildman–Crippen LogP) is 3.71. The van der Waals surface area contributed by atoms with Crippen molar-refractivity contribution < 1.29 is 0 Å². The Morgan fingerprint density at radius 1 is 1.17 bits per heavy atom. The first-order valence-corrected chi connectivity index (χ1v) is 5.53. The highest BCUT2D eigenvalue weighted by Gasteiger charge is 2.79. The Labute approximate surface area is 76.7 Å². The fourth-order valence-corrected chi connectivity index (χ4v) is 4.47. The summed E-state index contributed by atoms with van der Waals surface area (Å²) in [5.74, 6) is 3.08. The third-order valence-corrected chi connectivity index (χ3v) is 5.60. The lowest BCUT2D eigenvalue weighted by atomic mass is 9.55. The van der Waals surface area contributed by atoms with Gasteiger partial charge in [-0.15, -0.1) is 0 Å². The predicted molar refractivity (Wildman–Crippen MR) is 52.9 cm³/mol. The maximum atomic E-state index is 2.51. The molecule has 0 nitrogen and oxygen atoms in total. The third-order valence-electron chi connectivity index (χ3n) is 5.60. The van der Waals surface area contributed by atoms with Crippen molar-refractivity contribution in [1.82, 2.24) is 0 Å². The Balaban J connectivity index is 2.19. The average Bonchev–Trinajstić information content (AvgIpc) is 2.68. The summed E-state index contributed by atoms with van der Waals surface area (Å²) in [5.41, 5.74) is 1.44. The summed E-state index contributed by atoms with van der Waals surface area (Å²) >= 11 is 0. The Morgan fingerprint density at radius 3 is 2.00 bits per heavy atom. The first-order chi connectivity index (χ1) is 5.53. The van der Waals surface area contributed by atoms with Crippen molar-refractivity contribution in [2.45, 2.75) is 47.5 Å². The smallest absolute Gasteiger partial charge is 0.0227 e. The van der Waals surface area contributed by atoms with Gasteiger partial charge in [0, 0.05) is 0 Å². The zero-order chi connectivity index (χ0) is 9.15. The van der Waals surface area contributed by atoms with Crippen LogP contribution in [0.15, 0.2) is 0 Å². The van der Waals surface area contributed by atoms with Gasteiger partial charge in [0.2, 0.25) is 0 Å². The maximum absolute atomic E-state index is 2.51. The largest absolute Gasteiger partial charge is 0.0651 e. The van der Waals surface area contributed by atoms with E-state index in [1.807, 2.05) is 0 Å². The zero-order valence-corrected chi connectivity index (χ0v) is 9.15. The highest BCUT2D eigenvalue weighted by atomic mass is 14.8. The van der Waals surface area contributed by atoms with Crippen molar-refractivity contribution in [3.05, 3.63) is 0 Å². The molecule has 0 saturated heterocycles. The van der Waals surface area contributed by atoms with Gasteiger partial charge in [-0.3, -0.25) is 0 Å². The molecule has 12 heavy (non-hydrogen) atoms. The molecule has 0 N–H and O–H groups in total. The first kappa shape index (κ1) is 8.59. The SMILES string of the molecule is CCC1C2C(C)(CC)C(C)C12C. The van der Waals surface area contributed by atoms with E-state index in [1.165, 1.54) is 12.8 Å². The molecule has 0 heterocycles. The molecule has 5 unspecified atom stereocenters. The van der Waals surface area contributed by atoms with Gasteiger partial charge < -0.3 is 0 Å². The van der Waals surface area contributed by atoms with Crippen LogP contribution in [0.2, 0.25) is 0 Å². The Morgan fingerprint density at radius 2 is 1.75 bits per heavy atom. The Bertz CT molecular complexity index is 208. The summed E-state index contributed by atoms with van der Waals surface area (Å²) in [6, 6.07) is 0. The van der Waals surface area contributed by atoms with Gasteiger partial charge in [-0.25, -0.2) is 0 Å². The molecular weight excluding hydrogens is 144 g/mol. The van der Waals surface area contributed by atoms with E-state index in [4.69, 9.17) is 0 Å². The normalized spacial score (nSPS) is 62.2. The van der Waals surface area contributed by atoms with Gasteiger partial charge >= 0.3 is 0 Å². The number of hydrogen-bond acceptors (Lipinski definition) is 0. The highest BCUT2D eigenvalue weighted by molar-refractivity contribution is 5.26. The van der Waals surface area contributed by atoms with E-state index in [-0.39, 0.29) is 0 Å². The van der Waals surface area contributed by atoms with Crippen molar-refractivity contribution in [3.63, 3.8) is 0 Å². The molecule has 0 amide bonds. The summed E-state index contributed by atoms with van der Waals surface area (Å²) in [4.78, 5) is 0. The first-order valence-electron chi connectivity index (χ1n) is 5.53. The van der Waals surface area contributed by atoms with Gasteiger partial charge in [0.15, 0.2) is 0 Å². The van der Waals surface area contributed by atoms with Crippen molar-refractivity contribution >= 4 is 0 Å². The molecule has 2 saturated carbocycles. The maximum Gasteiger partial charge on any atom is -0.0227 e. The molecule has 0 bridgehead atoms. The molecule has 0 aromatic heterocycles. The van der Waals surface area contributed by atoms with E-state index in [2.05, 4.69) is 34.6 Å². The fraction of sp³-hybridized carbons (Fsp3) is 1.00. The van der Waals surface area contributed by atoms with Crippen LogP contribution in [-0.4, -0.2) is 0 Å². The van der Waals surface area contributed by atoms with Gasteiger partial charge in [-0.1, -0.05) is 47.5 Å². The van der Waals surface area contributed by atoms with Crippen LogP contribution in [0.1, 0.15) is 47.5 Å². The van der Waals surface area contributed by atoms with Crippen LogP contribution in [0.3, 0.4) is 0 Å². The zero-order valence-electron chi connectivity index (χ0n) is 9.15. The van der Waals surface area contributed by atoms with Crippen LogP contribution in [-0.2, 0) is 0 Å². The molecule has 0 spiro atoms. The lowest BCUT2D eigenvalue weighted by molar-refractivity contribution is -0.0175. The topological polar surface area (TPSA) is 0 Å². The third kappa shape index (κ3) is 0.592. The van der Waals surface area contributed by atoms with Gasteiger partial charge in [0.1, 0.15) is 0 Å². The minimum absolute atomic E-state index is 0.690. The molecular formula is C12H22. The summed E-state index contributed by atoms with van der Waals surface area (Å²) in [5, 5.41) is 0. The second-order valence-electron chi connectivity index (χ2n) is 5.44. The monoisotopic (exact) mass is 166 g/mol. The van der Waals surface area contributed by atoms with Crippen molar-refractivity contribution in [3.8, 4) is 0 Å². The molecule has 0 aromatic carbocycles. The number of fused-ring (bicyclic) bond motifs is 1. The molecule has 0 heteroatoms. The minimum atomic E-state index is 0.690. The summed E-state index contributed by atoms with van der Waals surface area (Å²) in [6.07, 6.45) is 2.78. The van der Waals surface area contributed by atoms with Gasteiger partial charge in [0.05, 0.1) is 0 Å². The second-order valence-corrected chi connectivity index (χ2v) is 5.44. The standard InChI is InChI=1S/C12H22/c1-6-9-10-11(4,7-2)8(3)12(9,10)5/h8-10H,6-7H2,1-5H3. The minimum Gasteiger partial charge on any atom is -0.0651 e. The lowest BCUT2D eigenvalue weighted by Gasteiger charge is -2.50. The van der Waals surface area contributed by atoms with E-state index in [0.29, 0.717) is 5.41 Å². The summed E-state index contributed by atoms with van der Waals surface area (Å²) < 4.78 is 0. The molecule has 0 radical (unpaired) electrons. The van der Waals surface area contributed by atoms with Crippen molar-refractivity contribution in [2.75, 3.05) is 0 Å². The summed E-state index contributed by atoms with van der Waals surface area (Å²) in [6.45, 7) is 12.2. The summed E-state index contributed by atoms with van der Waals surface area (Å²) in [7, 11) is 0. The van der Waals surface area contributed by atoms with Crippen LogP contribution in [0, 0.1) is 28.6 Å². The van der Waals surface area contributed by atoms with E-state index in [1.54, 1.807) is 0 Å². The van der Waals surface area contributed by atoms with E-state index in [9.17, 15) is 0 Å². The van der Waals surface area contributed by atoms with Crippen LogP contribution < -0.4 is 0 Å². The van der Waals surface area contributed by atoms with E-state index >= 15 is 0 Å². The highest BCUT2D eigenvalue weighted by Crippen LogP contribution is 2.84. The molecule has 2 aliphatic rings. The molecule has 2 rings (SSSR count). The van der Waals surface area contributed by atoms with Crippen molar-refractivity contribution in [2.24, 2.45) is 28.6 Å². The second kappa shape index (κ2) is 2.08. The fourth-order valence-electron chi connectivity index (χ4n) is 4.47. The van der Waals surface area contributed by atoms with E-state index in [0.717, 1.165) is 23.2 Å². The number of hydrogen-bond donors (Lipinski definition) is 0. The van der Waals surface area contributed by atoms with Gasteiger partial charge in [-0.05, 0) is 28.6 Å². The van der Waals surface area contributed by atoms with Gasteiger partial charge in [-0.2, -0.15) is 0 Å². The average molecular weight is 166 g/mol. The van der Waals surface area contributed by atoms with Crippen LogP contribution >= 0.6 is 0 Å². The van der Waals surface area contributed by atoms with Crippen LogP contribution in [0.25, 0.3) is 0 Å². The molecule has 2 fully saturated rings. The molecule has 2 aliphatic carbocycles. The lowest BCUT2D eigenvalue weighted by Crippen LogP contribution is -2.44. The van der Waals surface area contributed by atoms with Crippen molar-refractivity contribution in [1.29, 1.82) is 0 Å². The molecule has 0 aromatic rings.